The lowest BCUT2D eigenvalue weighted by Gasteiger charge is -2.29. The van der Waals surface area contributed by atoms with Crippen molar-refractivity contribution in [3.63, 3.8) is 0 Å². The second-order valence-electron chi connectivity index (χ2n) is 7.57. The van der Waals surface area contributed by atoms with Gasteiger partial charge in [-0.25, -0.2) is 8.42 Å². The number of carbonyl (C=O) groups excluding carboxylic acids is 1. The van der Waals surface area contributed by atoms with Gasteiger partial charge in [0.05, 0.1) is 25.2 Å². The van der Waals surface area contributed by atoms with Crippen molar-refractivity contribution in [3.05, 3.63) is 59.7 Å². The van der Waals surface area contributed by atoms with Crippen LogP contribution in [-0.2, 0) is 16.4 Å². The molecule has 0 radical (unpaired) electrons. The van der Waals surface area contributed by atoms with E-state index in [9.17, 15) is 13.2 Å². The monoisotopic (exact) mass is 431 g/mol. The molecule has 0 saturated carbocycles. The van der Waals surface area contributed by atoms with E-state index in [1.54, 1.807) is 30.2 Å². The highest BCUT2D eigenvalue weighted by Gasteiger charge is 2.35. The quantitative estimate of drug-likeness (QED) is 0.566. The van der Waals surface area contributed by atoms with Crippen LogP contribution in [0, 0.1) is 0 Å². The summed E-state index contributed by atoms with van der Waals surface area (Å²) in [5.74, 6) is 1.26. The van der Waals surface area contributed by atoms with E-state index in [0.717, 1.165) is 18.4 Å². The molecule has 1 fully saturated rings. The van der Waals surface area contributed by atoms with Crippen LogP contribution in [-0.4, -0.2) is 50.5 Å². The summed E-state index contributed by atoms with van der Waals surface area (Å²) in [4.78, 5) is 15.1. The second kappa shape index (κ2) is 9.98. The van der Waals surface area contributed by atoms with Crippen molar-refractivity contribution < 1.29 is 22.7 Å². The van der Waals surface area contributed by atoms with Crippen molar-refractivity contribution in [3.8, 4) is 11.5 Å². The van der Waals surface area contributed by atoms with E-state index in [1.165, 1.54) is 0 Å². The van der Waals surface area contributed by atoms with Crippen LogP contribution in [0.1, 0.15) is 42.1 Å². The minimum absolute atomic E-state index is 0.00456. The molecular formula is C23H29NO5S. The normalized spacial score (nSPS) is 17.5. The van der Waals surface area contributed by atoms with Crippen molar-refractivity contribution in [2.75, 3.05) is 25.2 Å². The zero-order valence-electron chi connectivity index (χ0n) is 17.5. The molecule has 0 spiro atoms. The summed E-state index contributed by atoms with van der Waals surface area (Å²) in [6.07, 6.45) is 2.42. The van der Waals surface area contributed by atoms with Gasteiger partial charge in [-0.3, -0.25) is 4.79 Å². The molecule has 0 bridgehead atoms. The molecule has 162 valence electrons. The summed E-state index contributed by atoms with van der Waals surface area (Å²) in [6, 6.07) is 14.2. The number of nitrogens with zero attached hydrogens (tertiary/aromatic N) is 1. The molecule has 1 saturated heterocycles. The summed E-state index contributed by atoms with van der Waals surface area (Å²) >= 11 is 0. The number of hydrogen-bond acceptors (Lipinski definition) is 5. The largest absolute Gasteiger partial charge is 0.497 e. The number of hydrogen-bond donors (Lipinski definition) is 0. The molecule has 2 aromatic rings. The molecule has 0 aliphatic carbocycles. The Labute approximate surface area is 178 Å². The van der Waals surface area contributed by atoms with Crippen LogP contribution in [0.5, 0.6) is 11.5 Å². The highest BCUT2D eigenvalue weighted by Crippen LogP contribution is 2.25. The van der Waals surface area contributed by atoms with Gasteiger partial charge in [0.25, 0.3) is 5.91 Å². The van der Waals surface area contributed by atoms with Gasteiger partial charge in [-0.2, -0.15) is 0 Å². The van der Waals surface area contributed by atoms with E-state index in [2.05, 4.69) is 6.92 Å². The maximum atomic E-state index is 13.4. The van der Waals surface area contributed by atoms with E-state index in [0.29, 0.717) is 36.6 Å². The Bertz CT molecular complexity index is 973. The molecule has 6 nitrogen and oxygen atoms in total. The van der Waals surface area contributed by atoms with Crippen LogP contribution >= 0.6 is 0 Å². The summed E-state index contributed by atoms with van der Waals surface area (Å²) in [5, 5.41) is 0. The standard InChI is InChI=1S/C23H29NO5S/c1-3-4-12-29-22-10-6-8-19(15-22)23(25)24(20-11-13-30(26,27)17-20)16-18-7-5-9-21(14-18)28-2/h5-10,14-15,20H,3-4,11-13,16-17H2,1-2H3/t20-/m0/s1. The van der Waals surface area contributed by atoms with Crippen LogP contribution in [0.15, 0.2) is 48.5 Å². The fourth-order valence-electron chi connectivity index (χ4n) is 3.57. The average Bonchev–Trinajstić information content (AvgIpc) is 3.11. The average molecular weight is 432 g/mol. The first-order valence-electron chi connectivity index (χ1n) is 10.3. The highest BCUT2D eigenvalue weighted by atomic mass is 32.2. The lowest BCUT2D eigenvalue weighted by Crippen LogP contribution is -2.40. The van der Waals surface area contributed by atoms with Crippen molar-refractivity contribution in [1.29, 1.82) is 0 Å². The second-order valence-corrected chi connectivity index (χ2v) is 9.80. The molecule has 3 rings (SSSR count). The minimum atomic E-state index is -3.13. The molecule has 0 aromatic heterocycles. The van der Waals surface area contributed by atoms with Gasteiger partial charge in [0, 0.05) is 18.2 Å². The maximum absolute atomic E-state index is 13.4. The number of methoxy groups -OCH3 is 1. The highest BCUT2D eigenvalue weighted by molar-refractivity contribution is 7.91. The zero-order chi connectivity index (χ0) is 21.6. The van der Waals surface area contributed by atoms with Crippen LogP contribution in [0.25, 0.3) is 0 Å². The fourth-order valence-corrected chi connectivity index (χ4v) is 5.31. The summed E-state index contributed by atoms with van der Waals surface area (Å²) in [7, 11) is -1.53. The third-order valence-corrected chi connectivity index (χ3v) is 7.00. The molecule has 1 aliphatic rings. The van der Waals surface area contributed by atoms with Crippen molar-refractivity contribution in [1.82, 2.24) is 4.90 Å². The van der Waals surface area contributed by atoms with Gasteiger partial charge in [-0.05, 0) is 48.7 Å². The van der Waals surface area contributed by atoms with Gasteiger partial charge in [0.1, 0.15) is 11.5 Å². The van der Waals surface area contributed by atoms with Crippen molar-refractivity contribution in [2.24, 2.45) is 0 Å². The Hall–Kier alpha value is -2.54. The first-order valence-corrected chi connectivity index (χ1v) is 12.1. The molecule has 0 N–H and O–H groups in total. The van der Waals surface area contributed by atoms with Gasteiger partial charge >= 0.3 is 0 Å². The lowest BCUT2D eigenvalue weighted by molar-refractivity contribution is 0.0680. The predicted octanol–water partition coefficient (Wildman–Crippen LogP) is 3.70. The smallest absolute Gasteiger partial charge is 0.254 e. The van der Waals surface area contributed by atoms with Crippen LogP contribution < -0.4 is 9.47 Å². The molecular weight excluding hydrogens is 402 g/mol. The Balaban J connectivity index is 1.85. The lowest BCUT2D eigenvalue weighted by atomic mass is 10.1. The van der Waals surface area contributed by atoms with Crippen molar-refractivity contribution in [2.45, 2.75) is 38.8 Å². The van der Waals surface area contributed by atoms with E-state index in [4.69, 9.17) is 9.47 Å². The number of rotatable bonds is 9. The third-order valence-electron chi connectivity index (χ3n) is 5.24. The molecule has 1 atom stereocenters. The van der Waals surface area contributed by atoms with Crippen LogP contribution in [0.2, 0.25) is 0 Å². The maximum Gasteiger partial charge on any atom is 0.254 e. The van der Waals surface area contributed by atoms with E-state index in [-0.39, 0.29) is 23.5 Å². The third kappa shape index (κ3) is 5.75. The van der Waals surface area contributed by atoms with Gasteiger partial charge in [0.15, 0.2) is 9.84 Å². The molecule has 1 amide bonds. The number of carbonyl (C=O) groups is 1. The van der Waals surface area contributed by atoms with Crippen LogP contribution in [0.4, 0.5) is 0 Å². The topological polar surface area (TPSA) is 72.9 Å². The number of amides is 1. The first-order chi connectivity index (χ1) is 14.4. The molecule has 30 heavy (non-hydrogen) atoms. The Kier molecular flexibility index (Phi) is 7.37. The summed E-state index contributed by atoms with van der Waals surface area (Å²) in [6.45, 7) is 3.01. The van der Waals surface area contributed by atoms with Crippen LogP contribution in [0.3, 0.4) is 0 Å². The molecule has 7 heteroatoms. The minimum Gasteiger partial charge on any atom is -0.497 e. The van der Waals surface area contributed by atoms with Gasteiger partial charge < -0.3 is 14.4 Å². The molecule has 1 aliphatic heterocycles. The first kappa shape index (κ1) is 22.2. The predicted molar refractivity (Wildman–Crippen MR) is 117 cm³/mol. The van der Waals surface area contributed by atoms with Gasteiger partial charge in [-0.1, -0.05) is 31.5 Å². The summed E-state index contributed by atoms with van der Waals surface area (Å²) in [5.41, 5.74) is 1.39. The van der Waals surface area contributed by atoms with E-state index in [1.807, 2.05) is 30.3 Å². The van der Waals surface area contributed by atoms with Crippen molar-refractivity contribution >= 4 is 15.7 Å². The Morgan fingerprint density at radius 1 is 1.13 bits per heavy atom. The molecule has 0 unspecified atom stereocenters. The molecule has 2 aromatic carbocycles. The van der Waals surface area contributed by atoms with E-state index < -0.39 is 9.84 Å². The Morgan fingerprint density at radius 2 is 1.90 bits per heavy atom. The number of sulfone groups is 1. The SMILES string of the molecule is CCCCOc1cccc(C(=O)N(Cc2cccc(OC)c2)[C@H]2CCS(=O)(=O)C2)c1. The van der Waals surface area contributed by atoms with Gasteiger partial charge in [0.2, 0.25) is 0 Å². The number of ether oxygens (including phenoxy) is 2. The Morgan fingerprint density at radius 3 is 2.60 bits per heavy atom. The fraction of sp³-hybridized carbons (Fsp3) is 0.435. The van der Waals surface area contributed by atoms with Gasteiger partial charge in [-0.15, -0.1) is 0 Å². The number of unbranched alkanes of at least 4 members (excludes halogenated alkanes) is 1. The number of benzene rings is 2. The zero-order valence-corrected chi connectivity index (χ0v) is 18.4. The summed E-state index contributed by atoms with van der Waals surface area (Å²) < 4.78 is 35.2. The van der Waals surface area contributed by atoms with E-state index >= 15 is 0 Å². The molecule has 1 heterocycles.